The summed E-state index contributed by atoms with van der Waals surface area (Å²) in [6.07, 6.45) is 1.13. The summed E-state index contributed by atoms with van der Waals surface area (Å²) in [5.74, 6) is -0.120. The van der Waals surface area contributed by atoms with Gasteiger partial charge in [0.05, 0.1) is 18.1 Å². The van der Waals surface area contributed by atoms with Crippen LogP contribution >= 0.6 is 0 Å². The van der Waals surface area contributed by atoms with Crippen molar-refractivity contribution in [1.29, 1.82) is 0 Å². The lowest BCUT2D eigenvalue weighted by Gasteiger charge is -2.51. The van der Waals surface area contributed by atoms with Crippen molar-refractivity contribution in [3.05, 3.63) is 35.9 Å². The molecule has 138 valence electrons. The van der Waals surface area contributed by atoms with E-state index in [1.165, 1.54) is 0 Å². The number of amides is 1. The fourth-order valence-corrected chi connectivity index (χ4v) is 4.64. The monoisotopic (exact) mass is 361 g/mol. The quantitative estimate of drug-likeness (QED) is 0.419. The van der Waals surface area contributed by atoms with E-state index >= 15 is 0 Å². The van der Waals surface area contributed by atoms with Gasteiger partial charge in [-0.1, -0.05) is 51.1 Å². The number of benzene rings is 1. The average molecular weight is 362 g/mol. The van der Waals surface area contributed by atoms with E-state index in [1.54, 1.807) is 0 Å². The number of aldehydes is 1. The van der Waals surface area contributed by atoms with Crippen LogP contribution < -0.4 is 0 Å². The van der Waals surface area contributed by atoms with Crippen LogP contribution in [0.4, 0.5) is 0 Å². The molecule has 1 aliphatic heterocycles. The highest BCUT2D eigenvalue weighted by molar-refractivity contribution is 6.74. The van der Waals surface area contributed by atoms with Crippen LogP contribution in [0.3, 0.4) is 0 Å². The minimum absolute atomic E-state index is 0.0648. The van der Waals surface area contributed by atoms with Gasteiger partial charge in [0.15, 0.2) is 8.32 Å². The van der Waals surface area contributed by atoms with E-state index in [0.717, 1.165) is 11.8 Å². The molecule has 0 N–H and O–H groups in total. The first kappa shape index (κ1) is 19.9. The largest absolute Gasteiger partial charge is 0.413 e. The molecule has 2 rings (SSSR count). The second kappa shape index (κ2) is 7.42. The maximum Gasteiger partial charge on any atom is 0.230 e. The lowest BCUT2D eigenvalue weighted by molar-refractivity contribution is -0.165. The van der Waals surface area contributed by atoms with Crippen LogP contribution in [-0.2, 0) is 20.6 Å². The average Bonchev–Trinajstić information content (AvgIpc) is 2.51. The Hall–Kier alpha value is -1.46. The molecule has 5 heteroatoms. The van der Waals surface area contributed by atoms with E-state index in [9.17, 15) is 9.59 Å². The zero-order chi connectivity index (χ0) is 18.8. The molecule has 0 bridgehead atoms. The van der Waals surface area contributed by atoms with E-state index in [0.29, 0.717) is 13.0 Å². The summed E-state index contributed by atoms with van der Waals surface area (Å²) in [5, 5.41) is 0.0952. The molecule has 0 saturated carbocycles. The van der Waals surface area contributed by atoms with Crippen molar-refractivity contribution in [3.63, 3.8) is 0 Å². The van der Waals surface area contributed by atoms with Crippen molar-refractivity contribution < 1.29 is 14.0 Å². The third-order valence-corrected chi connectivity index (χ3v) is 10.3. The molecule has 0 aliphatic carbocycles. The molecule has 0 spiro atoms. The fourth-order valence-electron chi connectivity index (χ4n) is 3.21. The molecule has 1 aromatic rings. The van der Waals surface area contributed by atoms with Crippen LogP contribution in [0.15, 0.2) is 30.3 Å². The Morgan fingerprint density at radius 2 is 1.84 bits per heavy atom. The fraction of sp³-hybridized carbons (Fsp3) is 0.600. The summed E-state index contributed by atoms with van der Waals surface area (Å²) in [7, 11) is -1.95. The van der Waals surface area contributed by atoms with Gasteiger partial charge in [0.2, 0.25) is 5.91 Å². The Bertz CT molecular complexity index is 609. The Kier molecular flexibility index (Phi) is 5.89. The molecule has 1 amide bonds. The molecule has 0 aromatic heterocycles. The normalized spacial score (nSPS) is 22.5. The SMILES string of the molecule is C[C@@H](O[Si](C)(C)C(C)(C)C)[C@H]1C(=O)N(Cc2ccccc2)[C@@H]1CC=O. The van der Waals surface area contributed by atoms with Crippen LogP contribution in [0.5, 0.6) is 0 Å². The molecule has 3 atom stereocenters. The standard InChI is InChI=1S/C20H31NO3Si/c1-15(24-25(5,6)20(2,3)4)18-17(12-13-22)21(19(18)23)14-16-10-8-7-9-11-16/h7-11,13,15,17-18H,12,14H2,1-6H3/t15-,17-,18-/m1/s1. The van der Waals surface area contributed by atoms with Crippen LogP contribution in [0.2, 0.25) is 18.1 Å². The minimum atomic E-state index is -1.95. The van der Waals surface area contributed by atoms with Gasteiger partial charge in [-0.05, 0) is 30.6 Å². The van der Waals surface area contributed by atoms with Gasteiger partial charge in [0.25, 0.3) is 0 Å². The Balaban J connectivity index is 2.10. The van der Waals surface area contributed by atoms with Crippen molar-refractivity contribution >= 4 is 20.5 Å². The van der Waals surface area contributed by atoms with Crippen molar-refractivity contribution in [2.75, 3.05) is 0 Å². The van der Waals surface area contributed by atoms with Gasteiger partial charge < -0.3 is 14.1 Å². The predicted molar refractivity (Wildman–Crippen MR) is 103 cm³/mol. The summed E-state index contributed by atoms with van der Waals surface area (Å²) in [6.45, 7) is 13.5. The zero-order valence-electron chi connectivity index (χ0n) is 16.3. The maximum absolute atomic E-state index is 12.8. The molecule has 1 saturated heterocycles. The predicted octanol–water partition coefficient (Wildman–Crippen LogP) is 4.01. The summed E-state index contributed by atoms with van der Waals surface area (Å²) in [4.78, 5) is 25.7. The molecular weight excluding hydrogens is 330 g/mol. The molecular formula is C20H31NO3Si. The van der Waals surface area contributed by atoms with Crippen molar-refractivity contribution in [2.24, 2.45) is 5.92 Å². The van der Waals surface area contributed by atoms with E-state index < -0.39 is 8.32 Å². The van der Waals surface area contributed by atoms with E-state index in [-0.39, 0.29) is 29.0 Å². The van der Waals surface area contributed by atoms with Crippen LogP contribution in [0, 0.1) is 5.92 Å². The summed E-state index contributed by atoms with van der Waals surface area (Å²) in [6, 6.07) is 9.85. The first-order chi connectivity index (χ1) is 11.6. The third-order valence-electron chi connectivity index (χ3n) is 5.71. The molecule has 0 radical (unpaired) electrons. The van der Waals surface area contributed by atoms with Gasteiger partial charge in [0, 0.05) is 13.0 Å². The van der Waals surface area contributed by atoms with Gasteiger partial charge in [0.1, 0.15) is 6.29 Å². The number of nitrogens with zero attached hydrogens (tertiary/aromatic N) is 1. The van der Waals surface area contributed by atoms with Crippen LogP contribution in [-0.4, -0.2) is 37.6 Å². The first-order valence-corrected chi connectivity index (χ1v) is 11.9. The number of likely N-dealkylation sites (tertiary alicyclic amines) is 1. The number of hydrogen-bond donors (Lipinski definition) is 0. The highest BCUT2D eigenvalue weighted by atomic mass is 28.4. The van der Waals surface area contributed by atoms with Crippen LogP contribution in [0.1, 0.15) is 39.7 Å². The molecule has 25 heavy (non-hydrogen) atoms. The maximum atomic E-state index is 12.8. The minimum Gasteiger partial charge on any atom is -0.413 e. The molecule has 1 fully saturated rings. The number of hydrogen-bond acceptors (Lipinski definition) is 3. The molecule has 1 heterocycles. The number of rotatable bonds is 7. The second-order valence-corrected chi connectivity index (χ2v) is 13.3. The van der Waals surface area contributed by atoms with E-state index in [2.05, 4.69) is 33.9 Å². The zero-order valence-corrected chi connectivity index (χ0v) is 17.3. The van der Waals surface area contributed by atoms with Gasteiger partial charge in [-0.3, -0.25) is 4.79 Å². The first-order valence-electron chi connectivity index (χ1n) is 9.04. The third kappa shape index (κ3) is 4.21. The van der Waals surface area contributed by atoms with E-state index in [4.69, 9.17) is 4.43 Å². The molecule has 0 unspecified atom stereocenters. The van der Waals surface area contributed by atoms with Gasteiger partial charge in [-0.25, -0.2) is 0 Å². The van der Waals surface area contributed by atoms with Crippen molar-refractivity contribution in [3.8, 4) is 0 Å². The van der Waals surface area contributed by atoms with Crippen molar-refractivity contribution in [1.82, 2.24) is 4.90 Å². The lowest BCUT2D eigenvalue weighted by Crippen LogP contribution is -2.65. The number of carbonyl (C=O) groups is 2. The van der Waals surface area contributed by atoms with Crippen LogP contribution in [0.25, 0.3) is 0 Å². The van der Waals surface area contributed by atoms with Gasteiger partial charge in [-0.2, -0.15) is 0 Å². The molecule has 4 nitrogen and oxygen atoms in total. The Morgan fingerprint density at radius 1 is 1.24 bits per heavy atom. The Labute approximate surface area is 152 Å². The lowest BCUT2D eigenvalue weighted by atomic mass is 9.81. The summed E-state index contributed by atoms with van der Waals surface area (Å²) in [5.41, 5.74) is 1.09. The molecule has 1 aliphatic rings. The summed E-state index contributed by atoms with van der Waals surface area (Å²) < 4.78 is 6.43. The highest BCUT2D eigenvalue weighted by Crippen LogP contribution is 2.41. The highest BCUT2D eigenvalue weighted by Gasteiger charge is 2.51. The summed E-state index contributed by atoms with van der Waals surface area (Å²) >= 11 is 0. The van der Waals surface area contributed by atoms with Gasteiger partial charge in [-0.15, -0.1) is 0 Å². The Morgan fingerprint density at radius 3 is 2.36 bits per heavy atom. The number of carbonyl (C=O) groups excluding carboxylic acids is 2. The molecule has 1 aromatic carbocycles. The number of β-lactam (4-membered cyclic amide) rings is 1. The van der Waals surface area contributed by atoms with Gasteiger partial charge >= 0.3 is 0 Å². The topological polar surface area (TPSA) is 46.6 Å². The van der Waals surface area contributed by atoms with Crippen molar-refractivity contribution in [2.45, 2.75) is 70.9 Å². The van der Waals surface area contributed by atoms with E-state index in [1.807, 2.05) is 42.2 Å². The second-order valence-electron chi connectivity index (χ2n) is 8.53. The smallest absolute Gasteiger partial charge is 0.230 e.